The molecule has 0 spiro atoms. The van der Waals surface area contributed by atoms with E-state index in [2.05, 4.69) is 10.2 Å². The van der Waals surface area contributed by atoms with Crippen LogP contribution in [-0.4, -0.2) is 62.0 Å². The second-order valence-electron chi connectivity index (χ2n) is 4.72. The molecule has 15 heavy (non-hydrogen) atoms. The average molecular weight is 214 g/mol. The molecule has 0 bridgehead atoms. The lowest BCUT2D eigenvalue weighted by atomic mass is 9.95. The van der Waals surface area contributed by atoms with Crippen LogP contribution in [0.5, 0.6) is 0 Å². The lowest BCUT2D eigenvalue weighted by Gasteiger charge is -2.33. The molecule has 2 fully saturated rings. The highest BCUT2D eigenvalue weighted by Gasteiger charge is 2.29. The van der Waals surface area contributed by atoms with E-state index in [0.717, 1.165) is 45.7 Å². The van der Waals surface area contributed by atoms with E-state index in [-0.39, 0.29) is 6.10 Å². The van der Waals surface area contributed by atoms with Gasteiger partial charge in [-0.15, -0.1) is 0 Å². The zero-order valence-electron chi connectivity index (χ0n) is 9.48. The number of hydrogen-bond acceptors (Lipinski definition) is 4. The van der Waals surface area contributed by atoms with Gasteiger partial charge in [0, 0.05) is 38.2 Å². The molecule has 2 aliphatic rings. The molecule has 0 aromatic carbocycles. The predicted molar refractivity (Wildman–Crippen MR) is 58.8 cm³/mol. The van der Waals surface area contributed by atoms with E-state index < -0.39 is 0 Å². The van der Waals surface area contributed by atoms with Gasteiger partial charge in [0.1, 0.15) is 0 Å². The summed E-state index contributed by atoms with van der Waals surface area (Å²) in [6.45, 7) is 4.67. The van der Waals surface area contributed by atoms with Gasteiger partial charge in [-0.05, 0) is 19.9 Å². The number of aliphatic hydroxyl groups is 1. The van der Waals surface area contributed by atoms with Crippen molar-refractivity contribution in [2.45, 2.75) is 25.0 Å². The topological polar surface area (TPSA) is 44.7 Å². The second kappa shape index (κ2) is 5.25. The van der Waals surface area contributed by atoms with Crippen LogP contribution >= 0.6 is 0 Å². The van der Waals surface area contributed by atoms with E-state index in [9.17, 15) is 5.11 Å². The first-order chi connectivity index (χ1) is 7.29. The third-order valence-electron chi connectivity index (χ3n) is 3.59. The molecular weight excluding hydrogens is 192 g/mol. The van der Waals surface area contributed by atoms with E-state index in [0.29, 0.717) is 12.0 Å². The molecular formula is C11H22N2O2. The van der Waals surface area contributed by atoms with Crippen LogP contribution < -0.4 is 5.32 Å². The second-order valence-corrected chi connectivity index (χ2v) is 4.72. The molecule has 2 aliphatic heterocycles. The van der Waals surface area contributed by atoms with Gasteiger partial charge < -0.3 is 20.1 Å². The Morgan fingerprint density at radius 1 is 1.47 bits per heavy atom. The summed E-state index contributed by atoms with van der Waals surface area (Å²) in [4.78, 5) is 2.36. The molecule has 4 heteroatoms. The lowest BCUT2D eigenvalue weighted by Crippen LogP contribution is -2.46. The summed E-state index contributed by atoms with van der Waals surface area (Å²) in [5.41, 5.74) is 0. The Kier molecular flexibility index (Phi) is 3.97. The molecule has 88 valence electrons. The standard InChI is InChI=1S/C11H22N2O2/c1-12-11-3-5-15-8-9(11)6-13-4-2-10(14)7-13/h9-12,14H,2-8H2,1H3. The van der Waals surface area contributed by atoms with Gasteiger partial charge in [0.25, 0.3) is 0 Å². The maximum atomic E-state index is 9.46. The van der Waals surface area contributed by atoms with Crippen LogP contribution in [0, 0.1) is 5.92 Å². The molecule has 0 aromatic rings. The van der Waals surface area contributed by atoms with Crippen LogP contribution in [0.4, 0.5) is 0 Å². The fourth-order valence-corrected chi connectivity index (χ4v) is 2.67. The van der Waals surface area contributed by atoms with Crippen molar-refractivity contribution in [3.8, 4) is 0 Å². The number of hydrogen-bond donors (Lipinski definition) is 2. The van der Waals surface area contributed by atoms with Crippen LogP contribution in [-0.2, 0) is 4.74 Å². The van der Waals surface area contributed by atoms with Crippen LogP contribution in [0.15, 0.2) is 0 Å². The monoisotopic (exact) mass is 214 g/mol. The summed E-state index contributed by atoms with van der Waals surface area (Å²) in [6.07, 6.45) is 1.93. The van der Waals surface area contributed by atoms with Crippen molar-refractivity contribution in [3.05, 3.63) is 0 Å². The normalized spacial score (nSPS) is 38.4. The van der Waals surface area contributed by atoms with Crippen molar-refractivity contribution < 1.29 is 9.84 Å². The van der Waals surface area contributed by atoms with Crippen molar-refractivity contribution in [1.82, 2.24) is 10.2 Å². The largest absolute Gasteiger partial charge is 0.392 e. The van der Waals surface area contributed by atoms with Crippen LogP contribution in [0.25, 0.3) is 0 Å². The Morgan fingerprint density at radius 3 is 3.00 bits per heavy atom. The van der Waals surface area contributed by atoms with Crippen LogP contribution in [0.3, 0.4) is 0 Å². The molecule has 0 radical (unpaired) electrons. The summed E-state index contributed by atoms with van der Waals surface area (Å²) in [6, 6.07) is 0.580. The quantitative estimate of drug-likeness (QED) is 0.676. The van der Waals surface area contributed by atoms with E-state index >= 15 is 0 Å². The minimum Gasteiger partial charge on any atom is -0.392 e. The maximum Gasteiger partial charge on any atom is 0.0679 e. The summed E-state index contributed by atoms with van der Waals surface area (Å²) in [5, 5.41) is 12.8. The Labute approximate surface area is 91.6 Å². The maximum absolute atomic E-state index is 9.46. The van der Waals surface area contributed by atoms with Crippen molar-refractivity contribution in [1.29, 1.82) is 0 Å². The fourth-order valence-electron chi connectivity index (χ4n) is 2.67. The van der Waals surface area contributed by atoms with Gasteiger partial charge in [0.15, 0.2) is 0 Å². The van der Waals surface area contributed by atoms with E-state index in [4.69, 9.17) is 4.74 Å². The van der Waals surface area contributed by atoms with Gasteiger partial charge in [0.2, 0.25) is 0 Å². The van der Waals surface area contributed by atoms with E-state index in [1.807, 2.05) is 7.05 Å². The number of likely N-dealkylation sites (tertiary alicyclic amines) is 1. The van der Waals surface area contributed by atoms with Gasteiger partial charge in [-0.25, -0.2) is 0 Å². The molecule has 0 saturated carbocycles. The zero-order valence-corrected chi connectivity index (χ0v) is 9.48. The Balaban J connectivity index is 1.81. The number of nitrogens with one attached hydrogen (secondary N) is 1. The zero-order chi connectivity index (χ0) is 10.7. The number of ether oxygens (including phenoxy) is 1. The Hall–Kier alpha value is -0.160. The Bertz CT molecular complexity index is 201. The van der Waals surface area contributed by atoms with Gasteiger partial charge >= 0.3 is 0 Å². The lowest BCUT2D eigenvalue weighted by molar-refractivity contribution is 0.0199. The molecule has 3 unspecified atom stereocenters. The average Bonchev–Trinajstić information content (AvgIpc) is 2.65. The molecule has 2 rings (SSSR count). The highest BCUT2D eigenvalue weighted by molar-refractivity contribution is 4.84. The number of rotatable bonds is 3. The smallest absolute Gasteiger partial charge is 0.0679 e. The molecule has 0 aliphatic carbocycles. The molecule has 2 heterocycles. The van der Waals surface area contributed by atoms with Crippen LogP contribution in [0.2, 0.25) is 0 Å². The van der Waals surface area contributed by atoms with E-state index in [1.54, 1.807) is 0 Å². The highest BCUT2D eigenvalue weighted by Crippen LogP contribution is 2.18. The SMILES string of the molecule is CNC1CCOCC1CN1CCC(O)C1. The van der Waals surface area contributed by atoms with Gasteiger partial charge in [-0.2, -0.15) is 0 Å². The predicted octanol–water partition coefficient (Wildman–Crippen LogP) is -0.322. The molecule has 3 atom stereocenters. The van der Waals surface area contributed by atoms with Gasteiger partial charge in [-0.1, -0.05) is 0 Å². The minimum absolute atomic E-state index is 0.109. The summed E-state index contributed by atoms with van der Waals surface area (Å²) in [7, 11) is 2.03. The molecule has 4 nitrogen and oxygen atoms in total. The van der Waals surface area contributed by atoms with Crippen molar-refractivity contribution in [3.63, 3.8) is 0 Å². The first-order valence-corrected chi connectivity index (χ1v) is 5.95. The number of aliphatic hydroxyl groups excluding tert-OH is 1. The van der Waals surface area contributed by atoms with Crippen molar-refractivity contribution >= 4 is 0 Å². The molecule has 0 amide bonds. The van der Waals surface area contributed by atoms with Crippen molar-refractivity contribution in [2.24, 2.45) is 5.92 Å². The van der Waals surface area contributed by atoms with Gasteiger partial charge in [-0.3, -0.25) is 0 Å². The van der Waals surface area contributed by atoms with Gasteiger partial charge in [0.05, 0.1) is 12.7 Å². The minimum atomic E-state index is -0.109. The highest BCUT2D eigenvalue weighted by atomic mass is 16.5. The Morgan fingerprint density at radius 2 is 2.33 bits per heavy atom. The summed E-state index contributed by atoms with van der Waals surface area (Å²) >= 11 is 0. The fraction of sp³-hybridized carbons (Fsp3) is 1.00. The third kappa shape index (κ3) is 2.91. The number of nitrogens with zero attached hydrogens (tertiary/aromatic N) is 1. The molecule has 2 N–H and O–H groups in total. The number of β-amino-alcohol motifs (C(OH)–C–C–N with tert-alkyl or cyclic N) is 1. The summed E-state index contributed by atoms with van der Waals surface area (Å²) < 4.78 is 5.52. The first-order valence-electron chi connectivity index (χ1n) is 5.95. The third-order valence-corrected chi connectivity index (χ3v) is 3.59. The summed E-state index contributed by atoms with van der Waals surface area (Å²) in [5.74, 6) is 0.578. The first kappa shape index (κ1) is 11.3. The van der Waals surface area contributed by atoms with E-state index in [1.165, 1.54) is 0 Å². The molecule has 0 aromatic heterocycles. The van der Waals surface area contributed by atoms with Crippen molar-refractivity contribution in [2.75, 3.05) is 39.9 Å². The van der Waals surface area contributed by atoms with Crippen LogP contribution in [0.1, 0.15) is 12.8 Å². The molecule has 2 saturated heterocycles.